The van der Waals surface area contributed by atoms with Crippen LogP contribution < -0.4 is 16.0 Å². The summed E-state index contributed by atoms with van der Waals surface area (Å²) in [5.41, 5.74) is 6.89. The fourth-order valence-corrected chi connectivity index (χ4v) is 5.42. The Balaban J connectivity index is 1.09. The van der Waals surface area contributed by atoms with Gasteiger partial charge in [-0.2, -0.15) is 0 Å². The molecule has 1 atom stereocenters. The van der Waals surface area contributed by atoms with Gasteiger partial charge in [0.2, 0.25) is 5.91 Å². The van der Waals surface area contributed by atoms with E-state index in [2.05, 4.69) is 93.8 Å². The number of amides is 1. The van der Waals surface area contributed by atoms with Crippen LogP contribution in [0.15, 0.2) is 90.8 Å². The number of aryl methyl sites for hydroxylation is 1. The molecule has 5 nitrogen and oxygen atoms in total. The summed E-state index contributed by atoms with van der Waals surface area (Å²) in [5.74, 6) is 1.18. The van der Waals surface area contributed by atoms with E-state index in [1.165, 1.54) is 27.8 Å². The third-order valence-corrected chi connectivity index (χ3v) is 7.80. The van der Waals surface area contributed by atoms with Crippen molar-refractivity contribution in [2.24, 2.45) is 0 Å². The molecule has 5 heteroatoms. The SMILES string of the molecule is O=C(NC1C=CC(CCc2ccccc2)=CN1)C1(c2ccc(C3=Cc4cc[nH]c4NC3)cc2)CCC1. The molecule has 1 saturated carbocycles. The lowest BCUT2D eigenvalue weighted by Gasteiger charge is -2.41. The van der Waals surface area contributed by atoms with Crippen LogP contribution >= 0.6 is 0 Å². The van der Waals surface area contributed by atoms with Gasteiger partial charge in [0.25, 0.3) is 0 Å². The normalized spacial score (nSPS) is 19.6. The van der Waals surface area contributed by atoms with Crippen molar-refractivity contribution in [3.8, 4) is 0 Å². The molecule has 2 aliphatic heterocycles. The van der Waals surface area contributed by atoms with Crippen molar-refractivity contribution in [3.63, 3.8) is 0 Å². The third-order valence-electron chi connectivity index (χ3n) is 7.80. The largest absolute Gasteiger partial charge is 0.368 e. The first-order chi connectivity index (χ1) is 17.7. The van der Waals surface area contributed by atoms with Gasteiger partial charge in [0.05, 0.1) is 5.41 Å². The number of aromatic nitrogens is 1. The minimum Gasteiger partial charge on any atom is -0.368 e. The Kier molecular flexibility index (Phi) is 5.98. The molecule has 0 spiro atoms. The highest BCUT2D eigenvalue weighted by atomic mass is 16.2. The topological polar surface area (TPSA) is 69.0 Å². The fourth-order valence-electron chi connectivity index (χ4n) is 5.42. The van der Waals surface area contributed by atoms with Crippen LogP contribution in [-0.4, -0.2) is 23.6 Å². The molecule has 1 amide bonds. The lowest BCUT2D eigenvalue weighted by Crippen LogP contribution is -2.54. The van der Waals surface area contributed by atoms with Crippen molar-refractivity contribution in [2.75, 3.05) is 11.9 Å². The average Bonchev–Trinajstić information content (AvgIpc) is 3.37. The third kappa shape index (κ3) is 4.37. The summed E-state index contributed by atoms with van der Waals surface area (Å²) in [5, 5.41) is 10.0. The second-order valence-electron chi connectivity index (χ2n) is 10.0. The molecule has 3 aromatic rings. The Morgan fingerprint density at radius 2 is 1.83 bits per heavy atom. The number of carbonyl (C=O) groups is 1. The summed E-state index contributed by atoms with van der Waals surface area (Å²) in [7, 11) is 0. The average molecular weight is 477 g/mol. The maximum atomic E-state index is 13.5. The summed E-state index contributed by atoms with van der Waals surface area (Å²) in [6, 6.07) is 21.2. The first kappa shape index (κ1) is 22.5. The van der Waals surface area contributed by atoms with Crippen LogP contribution in [-0.2, 0) is 16.6 Å². The van der Waals surface area contributed by atoms with Crippen LogP contribution in [0.2, 0.25) is 0 Å². The Morgan fingerprint density at radius 3 is 2.56 bits per heavy atom. The van der Waals surface area contributed by atoms with Crippen LogP contribution in [0.1, 0.15) is 47.9 Å². The number of hydrogen-bond donors (Lipinski definition) is 4. The lowest BCUT2D eigenvalue weighted by molar-refractivity contribution is -0.130. The molecule has 1 aromatic heterocycles. The molecule has 1 fully saturated rings. The highest BCUT2D eigenvalue weighted by Gasteiger charge is 2.46. The minimum atomic E-state index is -0.432. The molecule has 6 rings (SSSR count). The van der Waals surface area contributed by atoms with E-state index in [4.69, 9.17) is 0 Å². The minimum absolute atomic E-state index is 0.111. The number of H-pyrrole nitrogens is 1. The van der Waals surface area contributed by atoms with Crippen LogP contribution in [0.3, 0.4) is 0 Å². The quantitative estimate of drug-likeness (QED) is 0.363. The van der Waals surface area contributed by atoms with Gasteiger partial charge in [0, 0.05) is 24.5 Å². The maximum Gasteiger partial charge on any atom is 0.232 e. The Bertz CT molecular complexity index is 1330. The van der Waals surface area contributed by atoms with E-state index in [1.807, 2.05) is 18.5 Å². The van der Waals surface area contributed by atoms with Crippen molar-refractivity contribution in [1.29, 1.82) is 0 Å². The summed E-state index contributed by atoms with van der Waals surface area (Å²) < 4.78 is 0. The second-order valence-corrected chi connectivity index (χ2v) is 10.0. The molecule has 182 valence electrons. The van der Waals surface area contributed by atoms with Crippen molar-refractivity contribution in [2.45, 2.75) is 43.7 Å². The van der Waals surface area contributed by atoms with E-state index in [1.54, 1.807) is 0 Å². The lowest BCUT2D eigenvalue weighted by atomic mass is 9.63. The second kappa shape index (κ2) is 9.57. The standard InChI is InChI=1S/C31H32N4O/c36-30(35-28-14-9-23(20-33-28)8-7-22-5-2-1-3-6-22)31(16-4-17-31)27-12-10-24(11-13-27)26-19-25-15-18-32-29(25)34-21-26/h1-3,5-6,9-15,18-20,28,32-34H,4,7-8,16-17,21H2,(H,35,36). The number of carbonyl (C=O) groups excluding carboxylic acids is 1. The number of rotatable bonds is 7. The zero-order valence-electron chi connectivity index (χ0n) is 20.4. The number of fused-ring (bicyclic) bond motifs is 1. The van der Waals surface area contributed by atoms with Gasteiger partial charge in [-0.15, -0.1) is 0 Å². The Morgan fingerprint density at radius 1 is 1.00 bits per heavy atom. The summed E-state index contributed by atoms with van der Waals surface area (Å²) in [6.07, 6.45) is 15.1. The van der Waals surface area contributed by atoms with Crippen LogP contribution in [0.5, 0.6) is 0 Å². The number of aromatic amines is 1. The maximum absolute atomic E-state index is 13.5. The molecule has 0 radical (unpaired) electrons. The summed E-state index contributed by atoms with van der Waals surface area (Å²) >= 11 is 0. The number of dihydropyridines is 1. The van der Waals surface area contributed by atoms with Crippen molar-refractivity contribution >= 4 is 23.4 Å². The predicted octanol–water partition coefficient (Wildman–Crippen LogP) is 5.52. The molecule has 3 heterocycles. The first-order valence-corrected chi connectivity index (χ1v) is 12.9. The number of hydrogen-bond acceptors (Lipinski definition) is 3. The highest BCUT2D eigenvalue weighted by Crippen LogP contribution is 2.44. The van der Waals surface area contributed by atoms with Gasteiger partial charge >= 0.3 is 0 Å². The van der Waals surface area contributed by atoms with E-state index in [0.717, 1.165) is 50.0 Å². The summed E-state index contributed by atoms with van der Waals surface area (Å²) in [4.78, 5) is 16.7. The van der Waals surface area contributed by atoms with Gasteiger partial charge in [-0.1, -0.05) is 67.1 Å². The molecular formula is C31H32N4O. The van der Waals surface area contributed by atoms with E-state index in [9.17, 15) is 4.79 Å². The number of anilines is 1. The first-order valence-electron chi connectivity index (χ1n) is 12.9. The Labute approximate surface area is 212 Å². The van der Waals surface area contributed by atoms with Crippen LogP contribution in [0, 0.1) is 0 Å². The molecule has 1 aliphatic carbocycles. The van der Waals surface area contributed by atoms with E-state index in [-0.39, 0.29) is 12.1 Å². The zero-order chi connectivity index (χ0) is 24.4. The van der Waals surface area contributed by atoms with Gasteiger partial charge in [0.15, 0.2) is 0 Å². The molecule has 2 aromatic carbocycles. The molecular weight excluding hydrogens is 444 g/mol. The molecule has 3 aliphatic rings. The number of nitrogens with one attached hydrogen (secondary N) is 4. The van der Waals surface area contributed by atoms with Gasteiger partial charge < -0.3 is 20.9 Å². The molecule has 4 N–H and O–H groups in total. The monoisotopic (exact) mass is 476 g/mol. The molecule has 36 heavy (non-hydrogen) atoms. The van der Waals surface area contributed by atoms with Gasteiger partial charge in [-0.05, 0) is 71.7 Å². The van der Waals surface area contributed by atoms with E-state index < -0.39 is 5.41 Å². The van der Waals surface area contributed by atoms with E-state index >= 15 is 0 Å². The van der Waals surface area contributed by atoms with Crippen molar-refractivity contribution in [3.05, 3.63) is 113 Å². The van der Waals surface area contributed by atoms with E-state index in [0.29, 0.717) is 0 Å². The molecule has 0 bridgehead atoms. The smallest absolute Gasteiger partial charge is 0.232 e. The van der Waals surface area contributed by atoms with Gasteiger partial charge in [-0.3, -0.25) is 4.79 Å². The van der Waals surface area contributed by atoms with Crippen molar-refractivity contribution in [1.82, 2.24) is 15.6 Å². The zero-order valence-corrected chi connectivity index (χ0v) is 20.4. The van der Waals surface area contributed by atoms with Crippen molar-refractivity contribution < 1.29 is 4.79 Å². The van der Waals surface area contributed by atoms with Crippen LogP contribution in [0.25, 0.3) is 11.6 Å². The summed E-state index contributed by atoms with van der Waals surface area (Å²) in [6.45, 7) is 0.791. The van der Waals surface area contributed by atoms with Gasteiger partial charge in [-0.25, -0.2) is 0 Å². The molecule has 1 unspecified atom stereocenters. The fraction of sp³-hybridized carbons (Fsp3) is 0.258. The van der Waals surface area contributed by atoms with Crippen LogP contribution in [0.4, 0.5) is 5.82 Å². The van der Waals surface area contributed by atoms with Gasteiger partial charge in [0.1, 0.15) is 12.0 Å². The molecule has 0 saturated heterocycles. The number of benzene rings is 2. The highest BCUT2D eigenvalue weighted by molar-refractivity contribution is 5.91. The number of allylic oxidation sites excluding steroid dienone is 2. The Hall–Kier alpha value is -3.99. The predicted molar refractivity (Wildman–Crippen MR) is 146 cm³/mol.